The number of hydrogen-bond acceptors (Lipinski definition) is 5. The number of carbonyl (C=O) groups is 2. The molecule has 1 aliphatic rings. The summed E-state index contributed by atoms with van der Waals surface area (Å²) in [4.78, 5) is 25.2. The van der Waals surface area contributed by atoms with Gasteiger partial charge in [0, 0.05) is 20.0 Å². The summed E-state index contributed by atoms with van der Waals surface area (Å²) in [6.45, 7) is 0.407. The van der Waals surface area contributed by atoms with Gasteiger partial charge in [0.05, 0.1) is 20.0 Å². The van der Waals surface area contributed by atoms with Gasteiger partial charge in [-0.05, 0) is 17.7 Å². The van der Waals surface area contributed by atoms with E-state index in [9.17, 15) is 9.59 Å². The van der Waals surface area contributed by atoms with Gasteiger partial charge in [0.1, 0.15) is 5.37 Å². The first-order chi connectivity index (χ1) is 10.6. The second-order valence-corrected chi connectivity index (χ2v) is 5.86. The molecule has 1 aliphatic heterocycles. The van der Waals surface area contributed by atoms with Crippen molar-refractivity contribution in [2.75, 3.05) is 33.6 Å². The Kier molecular flexibility index (Phi) is 5.54. The van der Waals surface area contributed by atoms with Crippen LogP contribution in [-0.2, 0) is 9.59 Å². The number of amides is 2. The van der Waals surface area contributed by atoms with Crippen LogP contribution in [0.25, 0.3) is 0 Å². The van der Waals surface area contributed by atoms with Gasteiger partial charge in [-0.3, -0.25) is 9.59 Å². The van der Waals surface area contributed by atoms with Crippen LogP contribution < -0.4 is 14.8 Å². The molecule has 1 aromatic carbocycles. The average Bonchev–Trinajstić information content (AvgIpc) is 2.92. The highest BCUT2D eigenvalue weighted by Crippen LogP contribution is 2.41. The largest absolute Gasteiger partial charge is 0.493 e. The highest BCUT2D eigenvalue weighted by atomic mass is 32.2. The zero-order chi connectivity index (χ0) is 16.1. The maximum absolute atomic E-state index is 12.1. The fraction of sp³-hybridized carbons (Fsp3) is 0.467. The minimum absolute atomic E-state index is 0.0497. The van der Waals surface area contributed by atoms with Crippen molar-refractivity contribution in [1.29, 1.82) is 0 Å². The quantitative estimate of drug-likeness (QED) is 0.857. The Balaban J connectivity index is 2.18. The lowest BCUT2D eigenvalue weighted by atomic mass is 10.1. The number of nitrogens with one attached hydrogen (secondary N) is 1. The van der Waals surface area contributed by atoms with Crippen LogP contribution >= 0.6 is 11.8 Å². The average molecular weight is 324 g/mol. The smallest absolute Gasteiger partial charge is 0.233 e. The van der Waals surface area contributed by atoms with Crippen molar-refractivity contribution in [1.82, 2.24) is 10.2 Å². The van der Waals surface area contributed by atoms with E-state index in [0.717, 1.165) is 5.56 Å². The summed E-state index contributed by atoms with van der Waals surface area (Å²) < 4.78 is 10.5. The fourth-order valence-corrected chi connectivity index (χ4v) is 3.53. The molecule has 1 N–H and O–H groups in total. The summed E-state index contributed by atoms with van der Waals surface area (Å²) in [7, 11) is 4.76. The third-order valence-corrected chi connectivity index (χ3v) is 4.78. The molecule has 6 nitrogen and oxygen atoms in total. The van der Waals surface area contributed by atoms with E-state index in [4.69, 9.17) is 9.47 Å². The summed E-state index contributed by atoms with van der Waals surface area (Å²) in [5.41, 5.74) is 0.963. The molecular weight excluding hydrogens is 304 g/mol. The molecular formula is C15H20N2O4S. The predicted molar refractivity (Wildman–Crippen MR) is 85.1 cm³/mol. The van der Waals surface area contributed by atoms with E-state index in [1.165, 1.54) is 0 Å². The molecule has 1 fully saturated rings. The van der Waals surface area contributed by atoms with Crippen LogP contribution in [0.15, 0.2) is 18.2 Å². The Morgan fingerprint density at radius 3 is 2.73 bits per heavy atom. The van der Waals surface area contributed by atoms with E-state index in [1.807, 2.05) is 18.2 Å². The van der Waals surface area contributed by atoms with Crippen molar-refractivity contribution in [2.24, 2.45) is 0 Å². The highest BCUT2D eigenvalue weighted by molar-refractivity contribution is 8.00. The maximum Gasteiger partial charge on any atom is 0.233 e. The summed E-state index contributed by atoms with van der Waals surface area (Å²) in [5.74, 6) is 1.68. The minimum Gasteiger partial charge on any atom is -0.493 e. The SMILES string of the molecule is CNC(=O)CCN1C(=O)CSC1c1ccc(OC)c(OC)c1. The Morgan fingerprint density at radius 2 is 2.09 bits per heavy atom. The van der Waals surface area contributed by atoms with Crippen molar-refractivity contribution < 1.29 is 19.1 Å². The normalized spacial score (nSPS) is 17.5. The lowest BCUT2D eigenvalue weighted by Crippen LogP contribution is -2.32. The lowest BCUT2D eigenvalue weighted by Gasteiger charge is -2.24. The highest BCUT2D eigenvalue weighted by Gasteiger charge is 2.33. The number of ether oxygens (including phenoxy) is 2. The molecule has 1 unspecified atom stereocenters. The van der Waals surface area contributed by atoms with Crippen LogP contribution in [0.3, 0.4) is 0 Å². The van der Waals surface area contributed by atoms with Gasteiger partial charge in [-0.15, -0.1) is 11.8 Å². The summed E-state index contributed by atoms with van der Waals surface area (Å²) in [6.07, 6.45) is 0.298. The van der Waals surface area contributed by atoms with Gasteiger partial charge in [0.25, 0.3) is 0 Å². The predicted octanol–water partition coefficient (Wildman–Crippen LogP) is 1.41. The number of thioether (sulfide) groups is 1. The third kappa shape index (κ3) is 3.47. The fourth-order valence-electron chi connectivity index (χ4n) is 2.33. The zero-order valence-corrected chi connectivity index (χ0v) is 13.7. The van der Waals surface area contributed by atoms with Crippen LogP contribution in [0.1, 0.15) is 17.4 Å². The number of hydrogen-bond donors (Lipinski definition) is 1. The van der Waals surface area contributed by atoms with Gasteiger partial charge < -0.3 is 19.7 Å². The van der Waals surface area contributed by atoms with Crippen molar-refractivity contribution >= 4 is 23.6 Å². The molecule has 0 aliphatic carbocycles. The van der Waals surface area contributed by atoms with Crippen LogP contribution in [-0.4, -0.2) is 50.3 Å². The van der Waals surface area contributed by atoms with Gasteiger partial charge in [0.15, 0.2) is 11.5 Å². The number of benzene rings is 1. The molecule has 120 valence electrons. The first-order valence-corrected chi connectivity index (χ1v) is 7.99. The van der Waals surface area contributed by atoms with Crippen molar-refractivity contribution in [3.63, 3.8) is 0 Å². The molecule has 2 rings (SSSR count). The molecule has 0 radical (unpaired) electrons. The molecule has 22 heavy (non-hydrogen) atoms. The molecule has 0 bridgehead atoms. The van der Waals surface area contributed by atoms with Crippen LogP contribution in [0.2, 0.25) is 0 Å². The second kappa shape index (κ2) is 7.40. The van der Waals surface area contributed by atoms with Gasteiger partial charge in [-0.1, -0.05) is 6.07 Å². The van der Waals surface area contributed by atoms with Gasteiger partial charge in [-0.25, -0.2) is 0 Å². The Hall–Kier alpha value is -1.89. The first kappa shape index (κ1) is 16.5. The van der Waals surface area contributed by atoms with Gasteiger partial charge in [-0.2, -0.15) is 0 Å². The summed E-state index contributed by atoms with van der Waals surface area (Å²) in [5, 5.41) is 2.47. The molecule has 0 spiro atoms. The molecule has 1 atom stereocenters. The number of carbonyl (C=O) groups excluding carboxylic acids is 2. The standard InChI is InChI=1S/C15H20N2O4S/c1-16-13(18)6-7-17-14(19)9-22-15(17)10-4-5-11(20-2)12(8-10)21-3/h4-5,8,15H,6-7,9H2,1-3H3,(H,16,18). The van der Waals surface area contributed by atoms with E-state index in [-0.39, 0.29) is 17.2 Å². The maximum atomic E-state index is 12.1. The molecule has 2 amide bonds. The van der Waals surface area contributed by atoms with Crippen molar-refractivity contribution in [3.8, 4) is 11.5 Å². The molecule has 7 heteroatoms. The van der Waals surface area contributed by atoms with E-state index in [0.29, 0.717) is 30.2 Å². The molecule has 1 heterocycles. The molecule has 0 aromatic heterocycles. The van der Waals surface area contributed by atoms with Crippen molar-refractivity contribution in [3.05, 3.63) is 23.8 Å². The van der Waals surface area contributed by atoms with Crippen LogP contribution in [0, 0.1) is 0 Å². The zero-order valence-electron chi connectivity index (χ0n) is 12.9. The molecule has 1 saturated heterocycles. The van der Waals surface area contributed by atoms with Crippen LogP contribution in [0.4, 0.5) is 0 Å². The number of methoxy groups -OCH3 is 2. The summed E-state index contributed by atoms with van der Waals surface area (Å²) in [6, 6.07) is 5.63. The van der Waals surface area contributed by atoms with Gasteiger partial charge >= 0.3 is 0 Å². The molecule has 0 saturated carbocycles. The summed E-state index contributed by atoms with van der Waals surface area (Å²) >= 11 is 1.55. The monoisotopic (exact) mass is 324 g/mol. The second-order valence-electron chi connectivity index (χ2n) is 4.79. The first-order valence-electron chi connectivity index (χ1n) is 6.94. The molecule has 1 aromatic rings. The van der Waals surface area contributed by atoms with E-state index in [2.05, 4.69) is 5.32 Å². The lowest BCUT2D eigenvalue weighted by molar-refractivity contribution is -0.129. The Labute approximate surface area is 134 Å². The Bertz CT molecular complexity index is 564. The van der Waals surface area contributed by atoms with E-state index >= 15 is 0 Å². The van der Waals surface area contributed by atoms with E-state index in [1.54, 1.807) is 37.9 Å². The van der Waals surface area contributed by atoms with Crippen LogP contribution in [0.5, 0.6) is 11.5 Å². The van der Waals surface area contributed by atoms with Crippen molar-refractivity contribution in [2.45, 2.75) is 11.8 Å². The number of nitrogens with zero attached hydrogens (tertiary/aromatic N) is 1. The van der Waals surface area contributed by atoms with E-state index < -0.39 is 0 Å². The Morgan fingerprint density at radius 1 is 1.36 bits per heavy atom. The third-order valence-electron chi connectivity index (χ3n) is 3.52. The number of rotatable bonds is 6. The minimum atomic E-state index is -0.100. The van der Waals surface area contributed by atoms with Gasteiger partial charge in [0.2, 0.25) is 11.8 Å². The topological polar surface area (TPSA) is 67.9 Å².